The summed E-state index contributed by atoms with van der Waals surface area (Å²) in [5.74, 6) is 0. The number of nitriles is 1. The Morgan fingerprint density at radius 2 is 1.04 bits per heavy atom. The number of rotatable bonds is 4. The van der Waals surface area contributed by atoms with Crippen molar-refractivity contribution in [2.45, 2.75) is 0 Å². The summed E-state index contributed by atoms with van der Waals surface area (Å²) in [6.45, 7) is 7.96. The van der Waals surface area contributed by atoms with Crippen molar-refractivity contribution in [1.29, 1.82) is 5.26 Å². The molecular weight excluding hydrogens is 585 g/mol. The molecule has 2 aromatic heterocycles. The molecular formula is C44H26N4. The number of hydrogen-bond donors (Lipinski definition) is 0. The van der Waals surface area contributed by atoms with Crippen molar-refractivity contribution in [1.82, 2.24) is 9.13 Å². The maximum absolute atomic E-state index is 10.4. The Hall–Kier alpha value is -6.88. The van der Waals surface area contributed by atoms with Crippen molar-refractivity contribution in [3.63, 3.8) is 0 Å². The van der Waals surface area contributed by atoms with Gasteiger partial charge in [0.2, 0.25) is 5.69 Å². The first kappa shape index (κ1) is 27.4. The second-order valence-electron chi connectivity index (χ2n) is 11.9. The van der Waals surface area contributed by atoms with Gasteiger partial charge in [0, 0.05) is 21.7 Å². The van der Waals surface area contributed by atoms with E-state index in [4.69, 9.17) is 6.57 Å². The fraction of sp³-hybridized carbons (Fsp3) is 0. The number of hydrogen-bond acceptors (Lipinski definition) is 1. The van der Waals surface area contributed by atoms with E-state index in [1.54, 1.807) is 0 Å². The predicted molar refractivity (Wildman–Crippen MR) is 197 cm³/mol. The number of para-hydroxylation sites is 5. The van der Waals surface area contributed by atoms with Crippen LogP contribution in [0.1, 0.15) is 5.56 Å². The van der Waals surface area contributed by atoms with Crippen LogP contribution in [0.2, 0.25) is 0 Å². The van der Waals surface area contributed by atoms with E-state index in [-0.39, 0.29) is 0 Å². The summed E-state index contributed by atoms with van der Waals surface area (Å²) in [5.41, 5.74) is 11.4. The van der Waals surface area contributed by atoms with Gasteiger partial charge >= 0.3 is 0 Å². The molecule has 4 nitrogen and oxygen atoms in total. The van der Waals surface area contributed by atoms with Gasteiger partial charge in [-0.05, 0) is 64.5 Å². The SMILES string of the molecule is [C-]#[N+]c1cccc2c3ccccc3n(-c3ccccc3-c3cccc(-c4ccc(-n5c6ccccc6c6ccccc65)c(C#N)c4)c3)c12. The quantitative estimate of drug-likeness (QED) is 0.183. The molecule has 0 spiro atoms. The molecule has 9 aromatic rings. The molecule has 0 fully saturated rings. The molecule has 0 aliphatic carbocycles. The Morgan fingerprint density at radius 1 is 0.479 bits per heavy atom. The summed E-state index contributed by atoms with van der Waals surface area (Å²) < 4.78 is 4.43. The second kappa shape index (κ2) is 10.9. The van der Waals surface area contributed by atoms with Crippen LogP contribution >= 0.6 is 0 Å². The highest BCUT2D eigenvalue weighted by molar-refractivity contribution is 6.14. The highest BCUT2D eigenvalue weighted by Crippen LogP contribution is 2.41. The third-order valence-corrected chi connectivity index (χ3v) is 9.38. The van der Waals surface area contributed by atoms with E-state index >= 15 is 0 Å². The lowest BCUT2D eigenvalue weighted by Gasteiger charge is -2.16. The van der Waals surface area contributed by atoms with Gasteiger partial charge in [-0.1, -0.05) is 115 Å². The summed E-state index contributed by atoms with van der Waals surface area (Å²) in [6.07, 6.45) is 0. The van der Waals surface area contributed by atoms with Gasteiger partial charge in [-0.2, -0.15) is 5.26 Å². The number of fused-ring (bicyclic) bond motifs is 6. The van der Waals surface area contributed by atoms with Gasteiger partial charge in [0.05, 0.1) is 45.6 Å². The van der Waals surface area contributed by atoms with E-state index in [0.29, 0.717) is 11.3 Å². The normalized spacial score (nSPS) is 11.3. The van der Waals surface area contributed by atoms with E-state index < -0.39 is 0 Å². The second-order valence-corrected chi connectivity index (χ2v) is 11.9. The average molecular weight is 611 g/mol. The summed E-state index contributed by atoms with van der Waals surface area (Å²) in [5, 5.41) is 15.0. The van der Waals surface area contributed by atoms with Crippen LogP contribution < -0.4 is 0 Å². The topological polar surface area (TPSA) is 38.0 Å². The van der Waals surface area contributed by atoms with Gasteiger partial charge in [-0.3, -0.25) is 0 Å². The molecule has 7 aromatic carbocycles. The zero-order valence-electron chi connectivity index (χ0n) is 25.8. The average Bonchev–Trinajstić information content (AvgIpc) is 3.68. The molecule has 0 radical (unpaired) electrons. The van der Waals surface area contributed by atoms with Crippen molar-refractivity contribution in [2.75, 3.05) is 0 Å². The molecule has 0 unspecified atom stereocenters. The molecule has 9 rings (SSSR count). The van der Waals surface area contributed by atoms with E-state index in [1.165, 1.54) is 10.8 Å². The first-order valence-electron chi connectivity index (χ1n) is 15.9. The summed E-state index contributed by atoms with van der Waals surface area (Å²) in [4.78, 5) is 3.91. The molecule has 0 saturated carbocycles. The van der Waals surface area contributed by atoms with Gasteiger partial charge < -0.3 is 9.13 Å². The van der Waals surface area contributed by atoms with Gasteiger partial charge in [0.1, 0.15) is 6.07 Å². The summed E-state index contributed by atoms with van der Waals surface area (Å²) in [7, 11) is 0. The lowest BCUT2D eigenvalue weighted by atomic mass is 9.96. The maximum Gasteiger partial charge on any atom is 0.211 e. The molecule has 0 amide bonds. The van der Waals surface area contributed by atoms with Gasteiger partial charge in [0.15, 0.2) is 0 Å². The fourth-order valence-electron chi connectivity index (χ4n) is 7.30. The fourth-order valence-corrected chi connectivity index (χ4v) is 7.30. The van der Waals surface area contributed by atoms with Gasteiger partial charge in [-0.25, -0.2) is 4.85 Å². The first-order valence-corrected chi connectivity index (χ1v) is 15.9. The standard InChI is InChI=1S/C44H26N4/c1-46-38-19-11-18-37-36-17-5-9-23-43(36)48(44(37)38)40-20-6-2-14-33(40)31-13-10-12-29(26-31)30-24-25-39(32(27-30)28-45)47-41-21-7-3-15-34(41)35-16-4-8-22-42(35)47/h2-27H. The van der Waals surface area contributed by atoms with Gasteiger partial charge in [0.25, 0.3) is 0 Å². The summed E-state index contributed by atoms with van der Waals surface area (Å²) >= 11 is 0. The van der Waals surface area contributed by atoms with Crippen LogP contribution in [-0.4, -0.2) is 9.13 Å². The minimum atomic E-state index is 0.613. The van der Waals surface area contributed by atoms with Crippen molar-refractivity contribution >= 4 is 49.3 Å². The first-order chi connectivity index (χ1) is 23.7. The lowest BCUT2D eigenvalue weighted by Crippen LogP contribution is -1.98. The molecule has 0 saturated heterocycles. The lowest BCUT2D eigenvalue weighted by molar-refractivity contribution is 1.17. The van der Waals surface area contributed by atoms with Crippen molar-refractivity contribution in [3.8, 4) is 39.7 Å². The van der Waals surface area contributed by atoms with Crippen LogP contribution in [-0.2, 0) is 0 Å². The van der Waals surface area contributed by atoms with Crippen molar-refractivity contribution in [3.05, 3.63) is 175 Å². The smallest absolute Gasteiger partial charge is 0.211 e. The molecule has 4 heteroatoms. The zero-order valence-corrected chi connectivity index (χ0v) is 25.8. The minimum absolute atomic E-state index is 0.613. The molecule has 0 atom stereocenters. The molecule has 0 aliphatic heterocycles. The van der Waals surface area contributed by atoms with Crippen LogP contribution in [0.25, 0.3) is 82.1 Å². The maximum atomic E-state index is 10.4. The van der Waals surface area contributed by atoms with Crippen LogP contribution in [0.5, 0.6) is 0 Å². The third kappa shape index (κ3) is 4.07. The Labute approximate surface area is 277 Å². The zero-order chi connectivity index (χ0) is 32.2. The van der Waals surface area contributed by atoms with Gasteiger partial charge in [-0.15, -0.1) is 0 Å². The predicted octanol–water partition coefficient (Wildman–Crippen LogP) is 11.6. The van der Waals surface area contributed by atoms with Crippen molar-refractivity contribution < 1.29 is 0 Å². The molecule has 222 valence electrons. The molecule has 2 heterocycles. The molecule has 0 N–H and O–H groups in total. The van der Waals surface area contributed by atoms with E-state index in [2.05, 4.69) is 135 Å². The molecule has 0 aliphatic rings. The van der Waals surface area contributed by atoms with E-state index in [1.807, 2.05) is 42.5 Å². The highest BCUT2D eigenvalue weighted by Gasteiger charge is 2.19. The number of nitrogens with zero attached hydrogens (tertiary/aromatic N) is 4. The van der Waals surface area contributed by atoms with E-state index in [9.17, 15) is 5.26 Å². The summed E-state index contributed by atoms with van der Waals surface area (Å²) in [6, 6.07) is 56.6. The Bertz CT molecular complexity index is 2760. The van der Waals surface area contributed by atoms with Crippen LogP contribution in [0, 0.1) is 17.9 Å². The van der Waals surface area contributed by atoms with Crippen LogP contribution in [0.3, 0.4) is 0 Å². The minimum Gasteiger partial charge on any atom is -0.318 e. The van der Waals surface area contributed by atoms with Crippen molar-refractivity contribution in [2.24, 2.45) is 0 Å². The Balaban J connectivity index is 1.20. The third-order valence-electron chi connectivity index (χ3n) is 9.38. The monoisotopic (exact) mass is 610 g/mol. The van der Waals surface area contributed by atoms with Crippen LogP contribution in [0.15, 0.2) is 158 Å². The Morgan fingerprint density at radius 3 is 1.75 bits per heavy atom. The molecule has 0 bridgehead atoms. The highest BCUT2D eigenvalue weighted by atomic mass is 15.0. The number of benzene rings is 7. The van der Waals surface area contributed by atoms with E-state index in [0.717, 1.165) is 66.5 Å². The van der Waals surface area contributed by atoms with Crippen LogP contribution in [0.4, 0.5) is 5.69 Å². The number of aromatic nitrogens is 2. The molecule has 48 heavy (non-hydrogen) atoms. The largest absolute Gasteiger partial charge is 0.318 e. The Kier molecular flexibility index (Phi) is 6.22.